The normalized spacial score (nSPS) is 15.4. The molecular formula is C14H18F2N3O2+. The Hall–Kier alpha value is -2.02. The van der Waals surface area contributed by atoms with Crippen molar-refractivity contribution in [2.24, 2.45) is 0 Å². The van der Waals surface area contributed by atoms with Crippen molar-refractivity contribution < 1.29 is 23.3 Å². The van der Waals surface area contributed by atoms with Gasteiger partial charge in [-0.3, -0.25) is 9.59 Å². The number of quaternary nitrogens is 1. The Kier molecular flexibility index (Phi) is 4.85. The Morgan fingerprint density at radius 1 is 1.19 bits per heavy atom. The van der Waals surface area contributed by atoms with Gasteiger partial charge in [0.1, 0.15) is 0 Å². The summed E-state index contributed by atoms with van der Waals surface area (Å²) in [7, 11) is 1.72. The highest BCUT2D eigenvalue weighted by Crippen LogP contribution is 2.18. The van der Waals surface area contributed by atoms with Crippen LogP contribution < -0.4 is 15.5 Å². The largest absolute Gasteiger partial charge is 0.348 e. The first kappa shape index (κ1) is 15.4. The van der Waals surface area contributed by atoms with E-state index in [0.717, 1.165) is 25.0 Å². The molecule has 1 aliphatic rings. The van der Waals surface area contributed by atoms with Crippen molar-refractivity contribution in [2.75, 3.05) is 25.5 Å². The molecular weight excluding hydrogens is 280 g/mol. The van der Waals surface area contributed by atoms with Gasteiger partial charge in [-0.25, -0.2) is 8.78 Å². The third kappa shape index (κ3) is 5.11. The number of halogens is 2. The molecule has 1 atom stereocenters. The highest BCUT2D eigenvalue weighted by atomic mass is 19.2. The number of hydrogen-bond donors (Lipinski definition) is 3. The van der Waals surface area contributed by atoms with Gasteiger partial charge in [-0.05, 0) is 25.0 Å². The average Bonchev–Trinajstić information content (AvgIpc) is 3.17. The lowest BCUT2D eigenvalue weighted by molar-refractivity contribution is -0.862. The molecule has 1 aromatic carbocycles. The van der Waals surface area contributed by atoms with Crippen LogP contribution in [0.1, 0.15) is 12.8 Å². The number of benzene rings is 1. The van der Waals surface area contributed by atoms with Crippen molar-refractivity contribution in [1.29, 1.82) is 0 Å². The van der Waals surface area contributed by atoms with E-state index in [4.69, 9.17) is 0 Å². The van der Waals surface area contributed by atoms with Crippen LogP contribution in [0.25, 0.3) is 0 Å². The van der Waals surface area contributed by atoms with Gasteiger partial charge in [0, 0.05) is 17.8 Å². The van der Waals surface area contributed by atoms with Gasteiger partial charge in [0.05, 0.1) is 7.05 Å². The molecule has 1 saturated carbocycles. The fraction of sp³-hybridized carbons (Fsp3) is 0.429. The minimum atomic E-state index is -1.02. The lowest BCUT2D eigenvalue weighted by Gasteiger charge is -2.13. The van der Waals surface area contributed by atoms with E-state index < -0.39 is 11.6 Å². The lowest BCUT2D eigenvalue weighted by atomic mass is 10.3. The second-order valence-electron chi connectivity index (χ2n) is 5.33. The fourth-order valence-corrected chi connectivity index (χ4v) is 1.90. The van der Waals surface area contributed by atoms with Gasteiger partial charge in [0.2, 0.25) is 0 Å². The van der Waals surface area contributed by atoms with Crippen molar-refractivity contribution in [2.45, 2.75) is 18.9 Å². The number of nitrogens with one attached hydrogen (secondary N) is 3. The maximum absolute atomic E-state index is 13.0. The molecule has 5 nitrogen and oxygen atoms in total. The molecule has 21 heavy (non-hydrogen) atoms. The van der Waals surface area contributed by atoms with E-state index in [1.807, 2.05) is 0 Å². The van der Waals surface area contributed by atoms with E-state index in [1.165, 1.54) is 6.07 Å². The molecule has 1 aromatic rings. The summed E-state index contributed by atoms with van der Waals surface area (Å²) in [6.45, 7) is 0.263. The van der Waals surface area contributed by atoms with E-state index in [1.54, 1.807) is 7.05 Å². The molecule has 1 fully saturated rings. The van der Waals surface area contributed by atoms with Gasteiger partial charge in [-0.2, -0.15) is 0 Å². The molecule has 3 N–H and O–H groups in total. The van der Waals surface area contributed by atoms with Crippen LogP contribution in [0.5, 0.6) is 0 Å². The van der Waals surface area contributed by atoms with Crippen LogP contribution in [-0.4, -0.2) is 38.0 Å². The van der Waals surface area contributed by atoms with Crippen LogP contribution >= 0.6 is 0 Å². The number of hydrogen-bond acceptors (Lipinski definition) is 2. The fourth-order valence-electron chi connectivity index (χ4n) is 1.90. The molecule has 1 unspecified atom stereocenters. The summed E-state index contributed by atoms with van der Waals surface area (Å²) in [6.07, 6.45) is 2.03. The monoisotopic (exact) mass is 298 g/mol. The highest BCUT2D eigenvalue weighted by Gasteiger charge is 2.24. The third-order valence-electron chi connectivity index (χ3n) is 3.07. The lowest BCUT2D eigenvalue weighted by Crippen LogP contribution is -3.11. The van der Waals surface area contributed by atoms with E-state index >= 15 is 0 Å². The van der Waals surface area contributed by atoms with Crippen LogP contribution in [-0.2, 0) is 9.59 Å². The Morgan fingerprint density at radius 2 is 1.86 bits per heavy atom. The molecule has 7 heteroatoms. The van der Waals surface area contributed by atoms with Crippen LogP contribution in [0.4, 0.5) is 14.5 Å². The summed E-state index contributed by atoms with van der Waals surface area (Å²) in [5, 5.41) is 5.31. The van der Waals surface area contributed by atoms with E-state index in [-0.39, 0.29) is 30.6 Å². The number of carbonyl (C=O) groups is 2. The van der Waals surface area contributed by atoms with E-state index in [2.05, 4.69) is 10.6 Å². The van der Waals surface area contributed by atoms with Gasteiger partial charge in [-0.15, -0.1) is 0 Å². The van der Waals surface area contributed by atoms with Crippen molar-refractivity contribution in [3.8, 4) is 0 Å². The van der Waals surface area contributed by atoms with E-state index in [9.17, 15) is 18.4 Å². The van der Waals surface area contributed by atoms with Crippen molar-refractivity contribution in [1.82, 2.24) is 5.32 Å². The first-order chi connectivity index (χ1) is 9.94. The number of amides is 2. The van der Waals surface area contributed by atoms with Crippen molar-refractivity contribution in [3.63, 3.8) is 0 Å². The standard InChI is InChI=1S/C14H17F2N3O2/c1-19(7-13(20)17-9-2-3-9)8-14(21)18-10-4-5-11(15)12(16)6-10/h4-6,9H,2-3,7-8H2,1H3,(H,17,20)(H,18,21)/p+1. The summed E-state index contributed by atoms with van der Waals surface area (Å²) in [6, 6.07) is 3.44. The van der Waals surface area contributed by atoms with Crippen LogP contribution in [0.15, 0.2) is 18.2 Å². The molecule has 0 aliphatic heterocycles. The van der Waals surface area contributed by atoms with Crippen LogP contribution in [0.2, 0.25) is 0 Å². The Balaban J connectivity index is 1.77. The molecule has 1 aliphatic carbocycles. The maximum atomic E-state index is 13.0. The Bertz CT molecular complexity index is 547. The van der Waals surface area contributed by atoms with Gasteiger partial charge in [0.25, 0.3) is 11.8 Å². The Labute approximate surface area is 121 Å². The second kappa shape index (κ2) is 6.62. The summed E-state index contributed by atoms with van der Waals surface area (Å²) in [5.41, 5.74) is 0.189. The van der Waals surface area contributed by atoms with Crippen LogP contribution in [0, 0.1) is 11.6 Å². The predicted octanol–water partition coefficient (Wildman–Crippen LogP) is -0.303. The topological polar surface area (TPSA) is 62.6 Å². The first-order valence-electron chi connectivity index (χ1n) is 6.79. The molecule has 0 radical (unpaired) electrons. The van der Waals surface area contributed by atoms with Crippen LogP contribution in [0.3, 0.4) is 0 Å². The van der Waals surface area contributed by atoms with Gasteiger partial charge < -0.3 is 15.5 Å². The van der Waals surface area contributed by atoms with Crippen molar-refractivity contribution >= 4 is 17.5 Å². The van der Waals surface area contributed by atoms with Crippen molar-refractivity contribution in [3.05, 3.63) is 29.8 Å². The number of likely N-dealkylation sites (N-methyl/N-ethyl adjacent to an activating group) is 1. The zero-order valence-corrected chi connectivity index (χ0v) is 11.7. The highest BCUT2D eigenvalue weighted by molar-refractivity contribution is 5.91. The Morgan fingerprint density at radius 3 is 2.48 bits per heavy atom. The third-order valence-corrected chi connectivity index (χ3v) is 3.07. The summed E-state index contributed by atoms with van der Waals surface area (Å²) >= 11 is 0. The van der Waals surface area contributed by atoms with Gasteiger partial charge >= 0.3 is 0 Å². The zero-order valence-electron chi connectivity index (χ0n) is 11.7. The number of rotatable bonds is 6. The minimum Gasteiger partial charge on any atom is -0.348 e. The van der Waals surface area contributed by atoms with Gasteiger partial charge in [-0.1, -0.05) is 0 Å². The average molecular weight is 298 g/mol. The molecule has 0 bridgehead atoms. The molecule has 0 spiro atoms. The number of anilines is 1. The number of carbonyl (C=O) groups excluding carboxylic acids is 2. The van der Waals surface area contributed by atoms with E-state index in [0.29, 0.717) is 10.9 Å². The first-order valence-corrected chi connectivity index (χ1v) is 6.79. The molecule has 0 heterocycles. The molecule has 0 saturated heterocycles. The summed E-state index contributed by atoms with van der Waals surface area (Å²) in [5.74, 6) is -2.43. The zero-order chi connectivity index (χ0) is 15.4. The smallest absolute Gasteiger partial charge is 0.279 e. The maximum Gasteiger partial charge on any atom is 0.279 e. The summed E-state index contributed by atoms with van der Waals surface area (Å²) < 4.78 is 25.8. The quantitative estimate of drug-likeness (QED) is 0.675. The molecule has 2 rings (SSSR count). The summed E-state index contributed by atoms with van der Waals surface area (Å²) in [4.78, 5) is 24.0. The molecule has 114 valence electrons. The van der Waals surface area contributed by atoms with Gasteiger partial charge in [0.15, 0.2) is 24.7 Å². The SMILES string of the molecule is C[NH+](CC(=O)Nc1ccc(F)c(F)c1)CC(=O)NC1CC1. The second-order valence-corrected chi connectivity index (χ2v) is 5.33. The predicted molar refractivity (Wildman–Crippen MR) is 72.8 cm³/mol. The molecule has 2 amide bonds. The molecule has 0 aromatic heterocycles. The minimum absolute atomic E-state index is 0.0665.